The lowest BCUT2D eigenvalue weighted by Crippen LogP contribution is -2.18. The van der Waals surface area contributed by atoms with Crippen molar-refractivity contribution in [1.82, 2.24) is 0 Å². The summed E-state index contributed by atoms with van der Waals surface area (Å²) >= 11 is 3.26. The second-order valence-corrected chi connectivity index (χ2v) is 5.05. The van der Waals surface area contributed by atoms with Crippen molar-refractivity contribution >= 4 is 27.7 Å². The predicted molar refractivity (Wildman–Crippen MR) is 77.4 cm³/mol. The molecule has 0 aliphatic rings. The van der Waals surface area contributed by atoms with Gasteiger partial charge in [-0.1, -0.05) is 0 Å². The average molecular weight is 345 g/mol. The molecule has 1 aromatic rings. The van der Waals surface area contributed by atoms with Crippen LogP contribution >= 0.6 is 15.9 Å². The molecule has 0 aromatic heterocycles. The van der Waals surface area contributed by atoms with E-state index in [-0.39, 0.29) is 18.3 Å². The van der Waals surface area contributed by atoms with Gasteiger partial charge in [-0.3, -0.25) is 4.79 Å². The molecule has 5 nitrogen and oxygen atoms in total. The highest BCUT2D eigenvalue weighted by atomic mass is 79.9. The highest BCUT2D eigenvalue weighted by Crippen LogP contribution is 2.34. The number of ketones is 1. The van der Waals surface area contributed by atoms with Crippen LogP contribution in [0.25, 0.3) is 0 Å². The number of rotatable bonds is 6. The third kappa shape index (κ3) is 3.96. The Morgan fingerprint density at radius 3 is 2.40 bits per heavy atom. The van der Waals surface area contributed by atoms with Gasteiger partial charge in [-0.25, -0.2) is 4.79 Å². The normalized spacial score (nSPS) is 10.3. The lowest BCUT2D eigenvalue weighted by Gasteiger charge is -2.15. The first-order valence-electron chi connectivity index (χ1n) is 6.16. The fourth-order valence-corrected chi connectivity index (χ4v) is 2.02. The van der Waals surface area contributed by atoms with E-state index in [1.54, 1.807) is 13.0 Å². The average Bonchev–Trinajstić information content (AvgIpc) is 2.38. The van der Waals surface area contributed by atoms with E-state index in [0.717, 1.165) is 0 Å². The van der Waals surface area contributed by atoms with Crippen LogP contribution in [0.3, 0.4) is 0 Å². The van der Waals surface area contributed by atoms with E-state index in [0.29, 0.717) is 16.0 Å². The molecule has 0 heterocycles. The number of Topliss-reactive ketones (excluding diaryl/α,β-unsaturated/α-hetero) is 1. The molecular formula is C14H17BrO5. The molecule has 0 unspecified atom stereocenters. The highest BCUT2D eigenvalue weighted by molar-refractivity contribution is 9.10. The minimum atomic E-state index is -0.896. The van der Waals surface area contributed by atoms with E-state index in [4.69, 9.17) is 14.2 Å². The Balaban J connectivity index is 3.16. The molecule has 0 radical (unpaired) electrons. The van der Waals surface area contributed by atoms with E-state index >= 15 is 0 Å². The van der Waals surface area contributed by atoms with Crippen molar-refractivity contribution in [2.75, 3.05) is 13.7 Å². The van der Waals surface area contributed by atoms with Gasteiger partial charge in [0.1, 0.15) is 0 Å². The van der Waals surface area contributed by atoms with E-state index in [1.807, 2.05) is 13.8 Å². The summed E-state index contributed by atoms with van der Waals surface area (Å²) < 4.78 is 15.9. The molecule has 20 heavy (non-hydrogen) atoms. The minimum Gasteiger partial charge on any atom is -0.493 e. The monoisotopic (exact) mass is 344 g/mol. The van der Waals surface area contributed by atoms with E-state index in [2.05, 4.69) is 15.9 Å². The summed E-state index contributed by atoms with van der Waals surface area (Å²) in [4.78, 5) is 23.4. The molecular weight excluding hydrogens is 328 g/mol. The maximum absolute atomic E-state index is 12.0. The van der Waals surface area contributed by atoms with Gasteiger partial charge < -0.3 is 14.2 Å². The summed E-state index contributed by atoms with van der Waals surface area (Å²) in [7, 11) is 1.47. The number of carbonyl (C=O) groups is 2. The number of hydrogen-bond donors (Lipinski definition) is 0. The summed E-state index contributed by atoms with van der Waals surface area (Å²) in [5, 5.41) is 0. The Bertz CT molecular complexity index is 511. The van der Waals surface area contributed by atoms with Crippen LogP contribution < -0.4 is 9.47 Å². The van der Waals surface area contributed by atoms with Crippen LogP contribution in [0.2, 0.25) is 0 Å². The third-order valence-electron chi connectivity index (χ3n) is 2.32. The lowest BCUT2D eigenvalue weighted by atomic mass is 10.1. The maximum atomic E-state index is 12.0. The molecule has 0 aliphatic heterocycles. The molecule has 0 saturated heterocycles. The molecule has 0 fully saturated rings. The standard InChI is InChI=1S/C14H17BrO5/c1-5-19-14(17)13(16)9-6-11(18-4)12(7-10(9)15)20-8(2)3/h6-8H,5H2,1-4H3. The number of carbonyl (C=O) groups excluding carboxylic acids is 2. The molecule has 0 spiro atoms. The Labute approximate surface area is 126 Å². The van der Waals surface area contributed by atoms with Crippen LogP contribution in [0.1, 0.15) is 31.1 Å². The van der Waals surface area contributed by atoms with Crippen LogP contribution in [0, 0.1) is 0 Å². The molecule has 1 rings (SSSR count). The van der Waals surface area contributed by atoms with Crippen molar-refractivity contribution in [2.45, 2.75) is 26.9 Å². The number of esters is 1. The Morgan fingerprint density at radius 2 is 1.90 bits per heavy atom. The van der Waals surface area contributed by atoms with Crippen LogP contribution in [0.4, 0.5) is 0 Å². The summed E-state index contributed by atoms with van der Waals surface area (Å²) in [6.07, 6.45) is -0.0394. The highest BCUT2D eigenvalue weighted by Gasteiger charge is 2.23. The van der Waals surface area contributed by atoms with Gasteiger partial charge in [0.15, 0.2) is 11.5 Å². The smallest absolute Gasteiger partial charge is 0.379 e. The van der Waals surface area contributed by atoms with Crippen LogP contribution in [0.5, 0.6) is 11.5 Å². The fraction of sp³-hybridized carbons (Fsp3) is 0.429. The van der Waals surface area contributed by atoms with Gasteiger partial charge in [0, 0.05) is 10.0 Å². The van der Waals surface area contributed by atoms with Crippen molar-refractivity contribution < 1.29 is 23.8 Å². The lowest BCUT2D eigenvalue weighted by molar-refractivity contribution is -0.137. The fourth-order valence-electron chi connectivity index (χ4n) is 1.52. The van der Waals surface area contributed by atoms with Crippen LogP contribution in [-0.4, -0.2) is 31.6 Å². The largest absolute Gasteiger partial charge is 0.493 e. The van der Waals surface area contributed by atoms with Gasteiger partial charge in [0.2, 0.25) is 0 Å². The molecule has 0 atom stereocenters. The first kappa shape index (κ1) is 16.5. The van der Waals surface area contributed by atoms with Crippen molar-refractivity contribution in [1.29, 1.82) is 0 Å². The maximum Gasteiger partial charge on any atom is 0.379 e. The molecule has 0 saturated carbocycles. The molecule has 110 valence electrons. The van der Waals surface area contributed by atoms with Crippen molar-refractivity contribution in [3.8, 4) is 11.5 Å². The van der Waals surface area contributed by atoms with Crippen molar-refractivity contribution in [3.05, 3.63) is 22.2 Å². The first-order valence-corrected chi connectivity index (χ1v) is 6.95. The first-order chi connectivity index (χ1) is 9.40. The topological polar surface area (TPSA) is 61.8 Å². The summed E-state index contributed by atoms with van der Waals surface area (Å²) in [6, 6.07) is 3.06. The minimum absolute atomic E-state index is 0.0394. The zero-order chi connectivity index (χ0) is 15.3. The van der Waals surface area contributed by atoms with Gasteiger partial charge in [-0.2, -0.15) is 0 Å². The zero-order valence-electron chi connectivity index (χ0n) is 11.9. The van der Waals surface area contributed by atoms with Gasteiger partial charge >= 0.3 is 5.97 Å². The van der Waals surface area contributed by atoms with E-state index in [9.17, 15) is 9.59 Å². The number of methoxy groups -OCH3 is 1. The zero-order valence-corrected chi connectivity index (χ0v) is 13.4. The van der Waals surface area contributed by atoms with Crippen molar-refractivity contribution in [3.63, 3.8) is 0 Å². The SMILES string of the molecule is CCOC(=O)C(=O)c1cc(OC)c(OC(C)C)cc1Br. The number of halogens is 1. The predicted octanol–water partition coefficient (Wildman–Crippen LogP) is 2.99. The molecule has 1 aromatic carbocycles. The summed E-state index contributed by atoms with van der Waals surface area (Å²) in [5.41, 5.74) is 0.177. The summed E-state index contributed by atoms with van der Waals surface area (Å²) in [6.45, 7) is 5.55. The third-order valence-corrected chi connectivity index (χ3v) is 2.98. The van der Waals surface area contributed by atoms with E-state index < -0.39 is 11.8 Å². The number of hydrogen-bond acceptors (Lipinski definition) is 5. The molecule has 6 heteroatoms. The molecule has 0 aliphatic carbocycles. The second-order valence-electron chi connectivity index (χ2n) is 4.20. The quantitative estimate of drug-likeness (QED) is 0.451. The van der Waals surface area contributed by atoms with Gasteiger partial charge in [-0.15, -0.1) is 0 Å². The van der Waals surface area contributed by atoms with Gasteiger partial charge in [-0.05, 0) is 48.8 Å². The molecule has 0 bridgehead atoms. The van der Waals surface area contributed by atoms with Crippen molar-refractivity contribution in [2.24, 2.45) is 0 Å². The number of ether oxygens (including phenoxy) is 3. The molecule has 0 amide bonds. The van der Waals surface area contributed by atoms with Gasteiger partial charge in [0.05, 0.1) is 19.8 Å². The molecule has 0 N–H and O–H groups in total. The number of benzene rings is 1. The Kier molecular flexibility index (Phi) is 6.01. The van der Waals surface area contributed by atoms with Gasteiger partial charge in [0.25, 0.3) is 5.78 Å². The van der Waals surface area contributed by atoms with Crippen LogP contribution in [-0.2, 0) is 9.53 Å². The van der Waals surface area contributed by atoms with E-state index in [1.165, 1.54) is 13.2 Å². The summed E-state index contributed by atoms with van der Waals surface area (Å²) in [5.74, 6) is -0.745. The Hall–Kier alpha value is -1.56. The van der Waals surface area contributed by atoms with Crippen LogP contribution in [0.15, 0.2) is 16.6 Å². The Morgan fingerprint density at radius 1 is 1.25 bits per heavy atom. The second kappa shape index (κ2) is 7.28.